The van der Waals surface area contributed by atoms with Gasteiger partial charge in [-0.15, -0.1) is 0 Å². The lowest BCUT2D eigenvalue weighted by Gasteiger charge is -2.08. The first kappa shape index (κ1) is 7.80. The van der Waals surface area contributed by atoms with E-state index in [2.05, 4.69) is 0 Å². The highest BCUT2D eigenvalue weighted by Gasteiger charge is 2.34. The summed E-state index contributed by atoms with van der Waals surface area (Å²) in [5, 5.41) is 9.38. The van der Waals surface area contributed by atoms with E-state index in [0.29, 0.717) is 0 Å². The van der Waals surface area contributed by atoms with Gasteiger partial charge in [0.05, 0.1) is 0 Å². The summed E-state index contributed by atoms with van der Waals surface area (Å²) >= 11 is 0. The Kier molecular flexibility index (Phi) is 1.88. The summed E-state index contributed by atoms with van der Waals surface area (Å²) in [6.07, 6.45) is -0.420. The van der Waals surface area contributed by atoms with E-state index in [9.17, 15) is 5.02 Å². The summed E-state index contributed by atoms with van der Waals surface area (Å²) < 4.78 is 10.1. The van der Waals surface area contributed by atoms with Crippen LogP contribution in [0.1, 0.15) is 11.9 Å². The third-order valence-corrected chi connectivity index (χ3v) is 1.98. The Balaban J connectivity index is 2.43. The summed E-state index contributed by atoms with van der Waals surface area (Å²) in [7, 11) is 0.714. The van der Waals surface area contributed by atoms with E-state index in [4.69, 9.17) is 9.39 Å². The van der Waals surface area contributed by atoms with Crippen molar-refractivity contribution in [2.75, 3.05) is 7.11 Å². The molecule has 0 aliphatic carbocycles. The predicted octanol–water partition coefficient (Wildman–Crippen LogP) is 0.0493. The number of methoxy groups -OCH3 is 1. The Hall–Kier alpha value is -0.835. The van der Waals surface area contributed by atoms with Crippen LogP contribution < -0.4 is 5.46 Å². The molecule has 0 aromatic heterocycles. The maximum Gasteiger partial charge on any atom is 0.493 e. The standard InChI is InChI=1S/C8H9BO3/c1-11-8-6-4-2-3-5-7(6)9(10)12-8/h2-5,8,10H,1H3. The molecule has 1 aliphatic heterocycles. The predicted molar refractivity (Wildman–Crippen MR) is 44.9 cm³/mol. The molecule has 0 spiro atoms. The molecule has 1 aromatic rings. The van der Waals surface area contributed by atoms with Gasteiger partial charge in [-0.3, -0.25) is 0 Å². The number of hydrogen-bond acceptors (Lipinski definition) is 3. The molecular weight excluding hydrogens is 155 g/mol. The van der Waals surface area contributed by atoms with Crippen molar-refractivity contribution in [2.24, 2.45) is 0 Å². The Morgan fingerprint density at radius 3 is 3.00 bits per heavy atom. The molecule has 2 rings (SSSR count). The van der Waals surface area contributed by atoms with Crippen LogP contribution in [0.4, 0.5) is 0 Å². The third kappa shape index (κ3) is 1.05. The molecule has 1 aromatic carbocycles. The van der Waals surface area contributed by atoms with Gasteiger partial charge in [-0.1, -0.05) is 24.3 Å². The SMILES string of the molecule is COC1OB(O)c2ccccc21. The fraction of sp³-hybridized carbons (Fsp3) is 0.250. The first-order valence-corrected chi connectivity index (χ1v) is 3.78. The lowest BCUT2D eigenvalue weighted by molar-refractivity contribution is -0.0580. The van der Waals surface area contributed by atoms with Crippen LogP contribution in [0.2, 0.25) is 0 Å². The van der Waals surface area contributed by atoms with E-state index in [1.54, 1.807) is 7.11 Å². The average molecular weight is 164 g/mol. The second kappa shape index (κ2) is 2.90. The Morgan fingerprint density at radius 1 is 1.50 bits per heavy atom. The van der Waals surface area contributed by atoms with Crippen molar-refractivity contribution in [3.05, 3.63) is 29.8 Å². The fourth-order valence-corrected chi connectivity index (χ4v) is 1.40. The molecule has 1 N–H and O–H groups in total. The number of hydrogen-bond donors (Lipinski definition) is 1. The van der Waals surface area contributed by atoms with Gasteiger partial charge in [-0.05, 0) is 5.46 Å². The van der Waals surface area contributed by atoms with E-state index in [0.717, 1.165) is 11.0 Å². The molecule has 1 heterocycles. The van der Waals surface area contributed by atoms with Crippen LogP contribution in [0.5, 0.6) is 0 Å². The molecular formula is C8H9BO3. The lowest BCUT2D eigenvalue weighted by atomic mass is 9.80. The molecule has 0 amide bonds. The Morgan fingerprint density at radius 2 is 2.25 bits per heavy atom. The number of fused-ring (bicyclic) bond motifs is 1. The van der Waals surface area contributed by atoms with Crippen LogP contribution >= 0.6 is 0 Å². The van der Waals surface area contributed by atoms with Crippen LogP contribution in [-0.2, 0) is 9.39 Å². The summed E-state index contributed by atoms with van der Waals surface area (Å²) in [6.45, 7) is 0. The topological polar surface area (TPSA) is 38.7 Å². The van der Waals surface area contributed by atoms with Gasteiger partial charge >= 0.3 is 7.12 Å². The second-order valence-electron chi connectivity index (χ2n) is 2.68. The van der Waals surface area contributed by atoms with Crippen molar-refractivity contribution in [2.45, 2.75) is 6.29 Å². The molecule has 0 saturated heterocycles. The fourth-order valence-electron chi connectivity index (χ4n) is 1.40. The molecule has 0 fully saturated rings. The Bertz CT molecular complexity index is 289. The van der Waals surface area contributed by atoms with Crippen molar-refractivity contribution >= 4 is 12.6 Å². The zero-order chi connectivity index (χ0) is 8.55. The normalized spacial score (nSPS) is 21.2. The van der Waals surface area contributed by atoms with E-state index >= 15 is 0 Å². The second-order valence-corrected chi connectivity index (χ2v) is 2.68. The number of ether oxygens (including phenoxy) is 1. The van der Waals surface area contributed by atoms with Crippen LogP contribution in [0.15, 0.2) is 24.3 Å². The molecule has 3 nitrogen and oxygen atoms in total. The highest BCUT2D eigenvalue weighted by atomic mass is 16.7. The molecule has 12 heavy (non-hydrogen) atoms. The Labute approximate surface area is 71.1 Å². The van der Waals surface area contributed by atoms with Gasteiger partial charge in [0.1, 0.15) is 0 Å². The van der Waals surface area contributed by atoms with Crippen LogP contribution in [0, 0.1) is 0 Å². The minimum absolute atomic E-state index is 0.420. The van der Waals surface area contributed by atoms with Crippen LogP contribution in [-0.4, -0.2) is 19.3 Å². The largest absolute Gasteiger partial charge is 0.493 e. The quantitative estimate of drug-likeness (QED) is 0.596. The first-order valence-electron chi connectivity index (χ1n) is 3.78. The molecule has 0 bridgehead atoms. The van der Waals surface area contributed by atoms with Crippen LogP contribution in [0.25, 0.3) is 0 Å². The van der Waals surface area contributed by atoms with Crippen molar-refractivity contribution < 1.29 is 14.4 Å². The first-order chi connectivity index (χ1) is 5.83. The highest BCUT2D eigenvalue weighted by molar-refractivity contribution is 6.61. The van der Waals surface area contributed by atoms with Gasteiger partial charge in [-0.2, -0.15) is 0 Å². The minimum atomic E-state index is -0.842. The molecule has 1 aliphatic rings. The molecule has 1 unspecified atom stereocenters. The molecule has 1 atom stereocenters. The summed E-state index contributed by atoms with van der Waals surface area (Å²) in [6, 6.07) is 7.48. The van der Waals surface area contributed by atoms with Gasteiger partial charge in [-0.25, -0.2) is 0 Å². The molecule has 62 valence electrons. The maximum atomic E-state index is 9.38. The van der Waals surface area contributed by atoms with Crippen molar-refractivity contribution in [1.29, 1.82) is 0 Å². The van der Waals surface area contributed by atoms with Crippen molar-refractivity contribution in [3.63, 3.8) is 0 Å². The van der Waals surface area contributed by atoms with Crippen molar-refractivity contribution in [1.82, 2.24) is 0 Å². The third-order valence-electron chi connectivity index (χ3n) is 1.98. The van der Waals surface area contributed by atoms with E-state index < -0.39 is 13.4 Å². The number of rotatable bonds is 1. The van der Waals surface area contributed by atoms with Gasteiger partial charge < -0.3 is 14.4 Å². The monoisotopic (exact) mass is 164 g/mol. The zero-order valence-electron chi connectivity index (χ0n) is 6.73. The maximum absolute atomic E-state index is 9.38. The van der Waals surface area contributed by atoms with Gasteiger partial charge in [0, 0.05) is 12.7 Å². The summed E-state index contributed by atoms with van der Waals surface area (Å²) in [4.78, 5) is 0. The summed E-state index contributed by atoms with van der Waals surface area (Å²) in [5.41, 5.74) is 1.71. The zero-order valence-corrected chi connectivity index (χ0v) is 6.73. The minimum Gasteiger partial charge on any atom is -0.423 e. The van der Waals surface area contributed by atoms with Gasteiger partial charge in [0.2, 0.25) is 0 Å². The van der Waals surface area contributed by atoms with Crippen LogP contribution in [0.3, 0.4) is 0 Å². The van der Waals surface area contributed by atoms with Gasteiger partial charge in [0.25, 0.3) is 0 Å². The van der Waals surface area contributed by atoms with E-state index in [1.165, 1.54) is 0 Å². The molecule has 0 radical (unpaired) electrons. The van der Waals surface area contributed by atoms with E-state index in [-0.39, 0.29) is 0 Å². The molecule has 4 heteroatoms. The van der Waals surface area contributed by atoms with Crippen molar-refractivity contribution in [3.8, 4) is 0 Å². The average Bonchev–Trinajstić information content (AvgIpc) is 2.44. The van der Waals surface area contributed by atoms with Gasteiger partial charge in [0.15, 0.2) is 6.29 Å². The van der Waals surface area contributed by atoms with E-state index in [1.807, 2.05) is 24.3 Å². The lowest BCUT2D eigenvalue weighted by Crippen LogP contribution is -2.27. The summed E-state index contributed by atoms with van der Waals surface area (Å²) in [5.74, 6) is 0. The molecule has 0 saturated carbocycles. The number of benzene rings is 1. The smallest absolute Gasteiger partial charge is 0.423 e. The highest BCUT2D eigenvalue weighted by Crippen LogP contribution is 2.22.